The third kappa shape index (κ3) is 2.99. The van der Waals surface area contributed by atoms with Crippen LogP contribution in [0, 0.1) is 19.8 Å². The normalized spacial score (nSPS) is 16.9. The van der Waals surface area contributed by atoms with E-state index in [9.17, 15) is 5.11 Å². The minimum Gasteiger partial charge on any atom is -0.493 e. The van der Waals surface area contributed by atoms with Crippen molar-refractivity contribution in [2.24, 2.45) is 11.7 Å². The minimum absolute atomic E-state index is 0.225. The second kappa shape index (κ2) is 5.07. The predicted molar refractivity (Wildman–Crippen MR) is 68.1 cm³/mol. The molecule has 1 saturated carbocycles. The lowest BCUT2D eigenvalue weighted by molar-refractivity contribution is 0.178. The van der Waals surface area contributed by atoms with Gasteiger partial charge in [-0.1, -0.05) is 11.6 Å². The molecular formula is C14H21NO2. The second-order valence-corrected chi connectivity index (χ2v) is 5.01. The van der Waals surface area contributed by atoms with Crippen LogP contribution in [0.25, 0.3) is 0 Å². The predicted octanol–water partition coefficient (Wildman–Crippen LogP) is 2.08. The Morgan fingerprint density at radius 1 is 1.41 bits per heavy atom. The van der Waals surface area contributed by atoms with Gasteiger partial charge in [0.25, 0.3) is 0 Å². The molecule has 0 bridgehead atoms. The molecule has 3 heteroatoms. The van der Waals surface area contributed by atoms with E-state index < -0.39 is 6.10 Å². The molecule has 1 aromatic carbocycles. The summed E-state index contributed by atoms with van der Waals surface area (Å²) >= 11 is 0. The maximum absolute atomic E-state index is 9.93. The van der Waals surface area contributed by atoms with E-state index >= 15 is 0 Å². The van der Waals surface area contributed by atoms with E-state index in [0.717, 1.165) is 29.0 Å². The van der Waals surface area contributed by atoms with E-state index in [1.54, 1.807) is 0 Å². The van der Waals surface area contributed by atoms with Gasteiger partial charge in [-0.05, 0) is 44.2 Å². The first-order chi connectivity index (χ1) is 8.11. The number of hydrogen-bond donors (Lipinski definition) is 2. The lowest BCUT2D eigenvalue weighted by atomic mass is 10.0. The van der Waals surface area contributed by atoms with Crippen LogP contribution in [-0.4, -0.2) is 18.3 Å². The monoisotopic (exact) mass is 235 g/mol. The van der Waals surface area contributed by atoms with Gasteiger partial charge >= 0.3 is 0 Å². The molecule has 1 unspecified atom stereocenters. The van der Waals surface area contributed by atoms with E-state index in [1.165, 1.54) is 12.8 Å². The Hall–Kier alpha value is -1.06. The zero-order valence-electron chi connectivity index (χ0n) is 10.6. The molecule has 0 aromatic heterocycles. The van der Waals surface area contributed by atoms with Crippen molar-refractivity contribution in [3.63, 3.8) is 0 Å². The Labute approximate surface area is 103 Å². The lowest BCUT2D eigenvalue weighted by Gasteiger charge is -2.18. The van der Waals surface area contributed by atoms with Crippen molar-refractivity contribution in [2.75, 3.05) is 13.2 Å². The molecule has 17 heavy (non-hydrogen) atoms. The second-order valence-electron chi connectivity index (χ2n) is 5.01. The van der Waals surface area contributed by atoms with Crippen molar-refractivity contribution in [3.05, 3.63) is 28.8 Å². The molecular weight excluding hydrogens is 214 g/mol. The average molecular weight is 235 g/mol. The number of aliphatic hydroxyl groups excluding tert-OH is 1. The fourth-order valence-corrected chi connectivity index (χ4v) is 2.04. The number of benzene rings is 1. The summed E-state index contributed by atoms with van der Waals surface area (Å²) in [6.45, 7) is 5.02. The number of ether oxygens (including phenoxy) is 1. The standard InChI is InChI=1S/C14H21NO2/c1-9-5-10(2)14(17-8-11-3-4-11)12(6-9)13(16)7-15/h5-6,11,13,16H,3-4,7-8,15H2,1-2H3. The van der Waals surface area contributed by atoms with Gasteiger partial charge < -0.3 is 15.6 Å². The Bertz CT molecular complexity index is 399. The van der Waals surface area contributed by atoms with Crippen molar-refractivity contribution in [3.8, 4) is 5.75 Å². The summed E-state index contributed by atoms with van der Waals surface area (Å²) in [4.78, 5) is 0. The average Bonchev–Trinajstić information content (AvgIpc) is 3.09. The molecule has 0 amide bonds. The molecule has 1 aromatic rings. The van der Waals surface area contributed by atoms with Gasteiger partial charge in [-0.15, -0.1) is 0 Å². The van der Waals surface area contributed by atoms with Gasteiger partial charge in [-0.2, -0.15) is 0 Å². The van der Waals surface area contributed by atoms with Crippen LogP contribution in [0.4, 0.5) is 0 Å². The molecule has 0 heterocycles. The first-order valence-corrected chi connectivity index (χ1v) is 6.24. The Morgan fingerprint density at radius 2 is 2.12 bits per heavy atom. The van der Waals surface area contributed by atoms with Crippen molar-refractivity contribution >= 4 is 0 Å². The molecule has 1 aliphatic rings. The van der Waals surface area contributed by atoms with Crippen LogP contribution >= 0.6 is 0 Å². The molecule has 94 valence electrons. The Balaban J connectivity index is 2.24. The molecule has 0 aliphatic heterocycles. The van der Waals surface area contributed by atoms with Crippen LogP contribution < -0.4 is 10.5 Å². The van der Waals surface area contributed by atoms with Gasteiger partial charge in [0.15, 0.2) is 0 Å². The zero-order chi connectivity index (χ0) is 12.4. The minimum atomic E-state index is -0.636. The molecule has 1 fully saturated rings. The number of aliphatic hydroxyl groups is 1. The molecule has 1 aliphatic carbocycles. The summed E-state index contributed by atoms with van der Waals surface area (Å²) in [6.07, 6.45) is 1.89. The van der Waals surface area contributed by atoms with Crippen LogP contribution in [-0.2, 0) is 0 Å². The van der Waals surface area contributed by atoms with Crippen LogP contribution in [0.15, 0.2) is 12.1 Å². The first-order valence-electron chi connectivity index (χ1n) is 6.24. The van der Waals surface area contributed by atoms with E-state index in [0.29, 0.717) is 5.92 Å². The highest BCUT2D eigenvalue weighted by atomic mass is 16.5. The topological polar surface area (TPSA) is 55.5 Å². The van der Waals surface area contributed by atoms with Gasteiger partial charge in [0.1, 0.15) is 5.75 Å². The quantitative estimate of drug-likeness (QED) is 0.821. The maximum Gasteiger partial charge on any atom is 0.128 e. The van der Waals surface area contributed by atoms with Crippen LogP contribution in [0.2, 0.25) is 0 Å². The largest absolute Gasteiger partial charge is 0.493 e. The van der Waals surface area contributed by atoms with Gasteiger partial charge in [0, 0.05) is 12.1 Å². The van der Waals surface area contributed by atoms with E-state index in [1.807, 2.05) is 19.9 Å². The highest BCUT2D eigenvalue weighted by Gasteiger charge is 2.23. The smallest absolute Gasteiger partial charge is 0.128 e. The van der Waals surface area contributed by atoms with Crippen LogP contribution in [0.1, 0.15) is 35.6 Å². The first kappa shape index (κ1) is 12.4. The summed E-state index contributed by atoms with van der Waals surface area (Å²) < 4.78 is 5.85. The third-order valence-corrected chi connectivity index (χ3v) is 3.19. The van der Waals surface area contributed by atoms with Crippen molar-refractivity contribution in [2.45, 2.75) is 32.8 Å². The fraction of sp³-hybridized carbons (Fsp3) is 0.571. The molecule has 3 N–H and O–H groups in total. The zero-order valence-corrected chi connectivity index (χ0v) is 10.6. The van der Waals surface area contributed by atoms with Crippen LogP contribution in [0.3, 0.4) is 0 Å². The van der Waals surface area contributed by atoms with Crippen molar-refractivity contribution in [1.82, 2.24) is 0 Å². The molecule has 3 nitrogen and oxygen atoms in total. The summed E-state index contributed by atoms with van der Waals surface area (Å²) in [5, 5.41) is 9.93. The molecule has 0 spiro atoms. The van der Waals surface area contributed by atoms with Gasteiger partial charge in [0.2, 0.25) is 0 Å². The highest BCUT2D eigenvalue weighted by molar-refractivity contribution is 5.45. The third-order valence-electron chi connectivity index (χ3n) is 3.19. The summed E-state index contributed by atoms with van der Waals surface area (Å²) in [7, 11) is 0. The number of nitrogens with two attached hydrogens (primary N) is 1. The van der Waals surface area contributed by atoms with Gasteiger partial charge in [-0.25, -0.2) is 0 Å². The van der Waals surface area contributed by atoms with Crippen molar-refractivity contribution in [1.29, 1.82) is 0 Å². The van der Waals surface area contributed by atoms with Gasteiger partial charge in [-0.3, -0.25) is 0 Å². The number of hydrogen-bond acceptors (Lipinski definition) is 3. The molecule has 1 atom stereocenters. The highest BCUT2D eigenvalue weighted by Crippen LogP contribution is 2.34. The lowest BCUT2D eigenvalue weighted by Crippen LogP contribution is -2.14. The van der Waals surface area contributed by atoms with Gasteiger partial charge in [0.05, 0.1) is 12.7 Å². The van der Waals surface area contributed by atoms with Crippen LogP contribution in [0.5, 0.6) is 5.75 Å². The summed E-state index contributed by atoms with van der Waals surface area (Å²) in [5.41, 5.74) is 8.57. The van der Waals surface area contributed by atoms with E-state index in [-0.39, 0.29) is 6.54 Å². The SMILES string of the molecule is Cc1cc(C)c(OCC2CC2)c(C(O)CN)c1. The summed E-state index contributed by atoms with van der Waals surface area (Å²) in [6, 6.07) is 4.04. The molecule has 2 rings (SSSR count). The Morgan fingerprint density at radius 3 is 2.71 bits per heavy atom. The van der Waals surface area contributed by atoms with E-state index in [2.05, 4.69) is 6.07 Å². The van der Waals surface area contributed by atoms with Crippen molar-refractivity contribution < 1.29 is 9.84 Å². The number of aryl methyl sites for hydroxylation is 2. The maximum atomic E-state index is 9.93. The summed E-state index contributed by atoms with van der Waals surface area (Å²) in [5.74, 6) is 1.53. The fourth-order valence-electron chi connectivity index (χ4n) is 2.04. The number of rotatable bonds is 5. The molecule has 0 radical (unpaired) electrons. The molecule has 0 saturated heterocycles. The Kier molecular flexibility index (Phi) is 3.69. The van der Waals surface area contributed by atoms with E-state index in [4.69, 9.17) is 10.5 Å².